The highest BCUT2D eigenvalue weighted by atomic mass is 79.9. The van der Waals surface area contributed by atoms with Gasteiger partial charge in [0.2, 0.25) is 33.5 Å². The van der Waals surface area contributed by atoms with Crippen LogP contribution in [0.5, 0.6) is 23.0 Å². The number of hydrogen-bond acceptors (Lipinski definition) is 8. The molecule has 0 bridgehead atoms. The number of fused-ring (bicyclic) bond motifs is 2. The number of anilines is 2. The molecule has 0 radical (unpaired) electrons. The zero-order valence-corrected chi connectivity index (χ0v) is 35.9. The highest BCUT2D eigenvalue weighted by molar-refractivity contribution is 9.12. The van der Waals surface area contributed by atoms with Crippen LogP contribution in [0.1, 0.15) is 25.7 Å². The Balaban J connectivity index is 0.980. The van der Waals surface area contributed by atoms with Gasteiger partial charge in [0.1, 0.15) is 23.0 Å². The van der Waals surface area contributed by atoms with Crippen LogP contribution in [0.3, 0.4) is 0 Å². The van der Waals surface area contributed by atoms with E-state index in [0.29, 0.717) is 48.6 Å². The summed E-state index contributed by atoms with van der Waals surface area (Å²) < 4.78 is 39.9. The van der Waals surface area contributed by atoms with E-state index in [9.17, 15) is 27.6 Å². The van der Waals surface area contributed by atoms with E-state index in [1.807, 2.05) is 0 Å². The zero-order valence-electron chi connectivity index (χ0n) is 28.8. The number of nitrogens with zero attached hydrogens (tertiary/aromatic N) is 2. The molecule has 284 valence electrons. The molecule has 2 saturated heterocycles. The van der Waals surface area contributed by atoms with Crippen LogP contribution in [-0.4, -0.2) is 51.4 Å². The van der Waals surface area contributed by atoms with E-state index in [1.165, 1.54) is 34.1 Å². The number of carbonyl (C=O) groups is 4. The van der Waals surface area contributed by atoms with Crippen LogP contribution in [0.25, 0.3) is 0 Å². The first-order valence-electron chi connectivity index (χ1n) is 17.6. The Labute approximate surface area is 351 Å². The lowest BCUT2D eigenvalue weighted by Gasteiger charge is -2.29. The second kappa shape index (κ2) is 15.2. The summed E-state index contributed by atoms with van der Waals surface area (Å²) in [6, 6.07) is 25.4. The van der Waals surface area contributed by atoms with E-state index < -0.39 is 33.5 Å². The average molecular weight is 1020 g/mol. The molecule has 8 atom stereocenters. The van der Waals surface area contributed by atoms with E-state index in [1.54, 1.807) is 72.8 Å². The molecule has 2 saturated carbocycles. The number of ether oxygens (including phenoxy) is 2. The molecule has 8 rings (SSSR count). The molecule has 10 nitrogen and oxygen atoms in total. The van der Waals surface area contributed by atoms with Crippen molar-refractivity contribution in [3.05, 3.63) is 97.1 Å². The van der Waals surface area contributed by atoms with Gasteiger partial charge in [0.25, 0.3) is 0 Å². The van der Waals surface area contributed by atoms with Crippen LogP contribution < -0.4 is 19.3 Å². The van der Waals surface area contributed by atoms with Crippen molar-refractivity contribution >= 4 is 109 Å². The fraction of sp³-hybridized carbons (Fsp3) is 0.300. The number of benzene rings is 4. The third kappa shape index (κ3) is 7.24. The zero-order chi connectivity index (χ0) is 38.8. The minimum absolute atomic E-state index is 0.0214. The summed E-state index contributed by atoms with van der Waals surface area (Å²) in [5, 5.41) is 0. The van der Waals surface area contributed by atoms with Crippen molar-refractivity contribution in [3.8, 4) is 23.0 Å². The maximum Gasteiger partial charge on any atom is 0.237 e. The average Bonchev–Trinajstić information content (AvgIpc) is 3.54. The van der Waals surface area contributed by atoms with Gasteiger partial charge in [-0.25, -0.2) is 18.2 Å². The number of amides is 4. The molecule has 2 aliphatic carbocycles. The van der Waals surface area contributed by atoms with Crippen LogP contribution in [0.15, 0.2) is 107 Å². The van der Waals surface area contributed by atoms with Gasteiger partial charge >= 0.3 is 0 Å². The molecule has 2 aliphatic heterocycles. The summed E-state index contributed by atoms with van der Waals surface area (Å²) in [5.74, 6) is -1.40. The SMILES string of the molecule is O=C1C2C[C@H](Br)[C@@H](Br)CC2C(=O)N1c1cccc(Oc2cccc(S(=O)(=O)c3cccc(Oc4cccc(N5C(=O)C6C[C@H](Br)[C@@H](Br)CC6C5=O)c4)c3)c2)c1. The molecule has 2 heterocycles. The summed E-state index contributed by atoms with van der Waals surface area (Å²) >= 11 is 14.5. The molecule has 55 heavy (non-hydrogen) atoms. The van der Waals surface area contributed by atoms with Gasteiger partial charge in [0.15, 0.2) is 0 Å². The highest BCUT2D eigenvalue weighted by Crippen LogP contribution is 2.46. The number of rotatable bonds is 8. The Morgan fingerprint density at radius 3 is 1.07 bits per heavy atom. The first kappa shape index (κ1) is 38.5. The lowest BCUT2D eigenvalue weighted by Crippen LogP contribution is -2.34. The quantitative estimate of drug-likeness (QED) is 0.127. The number of hydrogen-bond donors (Lipinski definition) is 0. The minimum atomic E-state index is -4.05. The maximum atomic E-state index is 13.9. The smallest absolute Gasteiger partial charge is 0.237 e. The normalized spacial score (nSPS) is 27.9. The molecule has 4 amide bonds. The van der Waals surface area contributed by atoms with Crippen molar-refractivity contribution < 1.29 is 37.1 Å². The van der Waals surface area contributed by atoms with Gasteiger partial charge in [-0.05, 0) is 86.3 Å². The first-order chi connectivity index (χ1) is 26.3. The molecule has 4 unspecified atom stereocenters. The van der Waals surface area contributed by atoms with E-state index in [0.717, 1.165) is 0 Å². The topological polar surface area (TPSA) is 127 Å². The van der Waals surface area contributed by atoms with Gasteiger partial charge in [-0.1, -0.05) is 88.0 Å². The molecule has 4 aromatic carbocycles. The summed E-state index contributed by atoms with van der Waals surface area (Å²) in [6.07, 6.45) is 2.23. The lowest BCUT2D eigenvalue weighted by atomic mass is 9.81. The van der Waals surface area contributed by atoms with Crippen molar-refractivity contribution in [2.24, 2.45) is 23.7 Å². The lowest BCUT2D eigenvalue weighted by molar-refractivity contribution is -0.124. The Hall–Kier alpha value is -3.37. The van der Waals surface area contributed by atoms with Crippen LogP contribution in [0.2, 0.25) is 0 Å². The second-order valence-electron chi connectivity index (χ2n) is 14.1. The van der Waals surface area contributed by atoms with Crippen LogP contribution in [0, 0.1) is 23.7 Å². The third-order valence-corrected chi connectivity index (χ3v) is 17.9. The third-order valence-electron chi connectivity index (χ3n) is 10.7. The Morgan fingerprint density at radius 2 is 0.745 bits per heavy atom. The molecular formula is C40H32Br4N2O8S. The van der Waals surface area contributed by atoms with Gasteiger partial charge in [0.05, 0.1) is 44.8 Å². The molecule has 4 aliphatic rings. The van der Waals surface area contributed by atoms with Gasteiger partial charge in [-0.15, -0.1) is 0 Å². The first-order valence-corrected chi connectivity index (χ1v) is 22.8. The van der Waals surface area contributed by atoms with Crippen molar-refractivity contribution in [1.29, 1.82) is 0 Å². The fourth-order valence-corrected chi connectivity index (χ4v) is 11.7. The monoisotopic (exact) mass is 1020 g/mol. The Morgan fingerprint density at radius 1 is 0.455 bits per heavy atom. The number of alkyl halides is 4. The number of halogens is 4. The van der Waals surface area contributed by atoms with Crippen molar-refractivity contribution in [3.63, 3.8) is 0 Å². The summed E-state index contributed by atoms with van der Waals surface area (Å²) in [7, 11) is -4.05. The molecule has 0 spiro atoms. The standard InChI is InChI=1S/C40H32Br4N2O8S/c41-33-17-29-30(18-34(33)42)38(48)45(37(29)47)21-5-1-7-23(13-21)53-25-9-3-11-27(15-25)55(51,52)28-12-4-10-26(16-28)54-24-8-2-6-22(14-24)46-39(49)31-19-35(43)36(44)20-32(31)40(46)50/h1-16,29-36H,17-20H2/t29?,30?,31?,32?,33-,34-,35-,36-/m0/s1. The van der Waals surface area contributed by atoms with Crippen molar-refractivity contribution in [2.75, 3.05) is 9.80 Å². The second-order valence-corrected chi connectivity index (χ2v) is 20.8. The summed E-state index contributed by atoms with van der Waals surface area (Å²) in [6.45, 7) is 0. The largest absolute Gasteiger partial charge is 0.457 e. The van der Waals surface area contributed by atoms with E-state index in [4.69, 9.17) is 9.47 Å². The minimum Gasteiger partial charge on any atom is -0.457 e. The number of sulfone groups is 1. The van der Waals surface area contributed by atoms with Gasteiger partial charge < -0.3 is 9.47 Å². The predicted molar refractivity (Wildman–Crippen MR) is 220 cm³/mol. The van der Waals surface area contributed by atoms with Gasteiger partial charge in [-0.3, -0.25) is 19.2 Å². The summed E-state index contributed by atoms with van der Waals surface area (Å²) in [4.78, 5) is 56.2. The molecular weight excluding hydrogens is 988 g/mol. The molecule has 4 fully saturated rings. The number of carbonyl (C=O) groups excluding carboxylic acids is 4. The summed E-state index contributed by atoms with van der Waals surface area (Å²) in [5.41, 5.74) is 0.782. The molecule has 15 heteroatoms. The van der Waals surface area contributed by atoms with Gasteiger partial charge in [0, 0.05) is 31.4 Å². The number of imide groups is 2. The Bertz CT molecular complexity index is 2130. The molecule has 0 aromatic heterocycles. The predicted octanol–water partition coefficient (Wildman–Crippen LogP) is 8.96. The van der Waals surface area contributed by atoms with Crippen molar-refractivity contribution in [2.45, 2.75) is 54.8 Å². The van der Waals surface area contributed by atoms with Crippen LogP contribution in [0.4, 0.5) is 11.4 Å². The van der Waals surface area contributed by atoms with Crippen LogP contribution in [-0.2, 0) is 29.0 Å². The van der Waals surface area contributed by atoms with E-state index >= 15 is 0 Å². The van der Waals surface area contributed by atoms with E-state index in [-0.39, 0.29) is 64.2 Å². The molecule has 0 N–H and O–H groups in total. The maximum absolute atomic E-state index is 13.9. The van der Waals surface area contributed by atoms with Gasteiger partial charge in [-0.2, -0.15) is 0 Å². The fourth-order valence-electron chi connectivity index (χ4n) is 7.89. The van der Waals surface area contributed by atoms with E-state index in [2.05, 4.69) is 63.7 Å². The molecule has 4 aromatic rings. The highest BCUT2D eigenvalue weighted by Gasteiger charge is 2.53. The van der Waals surface area contributed by atoms with Crippen molar-refractivity contribution in [1.82, 2.24) is 0 Å². The van der Waals surface area contributed by atoms with Crippen LogP contribution >= 0.6 is 63.7 Å². The Kier molecular flexibility index (Phi) is 10.6.